The molecule has 1 rings (SSSR count). The van der Waals surface area contributed by atoms with E-state index in [1.54, 1.807) is 13.8 Å². The molecule has 0 fully saturated rings. The zero-order valence-electron chi connectivity index (χ0n) is 9.31. The van der Waals surface area contributed by atoms with Crippen LogP contribution in [0.5, 0.6) is 0 Å². The number of rotatable bonds is 3. The fourth-order valence-electron chi connectivity index (χ4n) is 1.17. The van der Waals surface area contributed by atoms with Gasteiger partial charge in [0.2, 0.25) is 0 Å². The molecule has 16 heavy (non-hydrogen) atoms. The summed E-state index contributed by atoms with van der Waals surface area (Å²) in [7, 11) is 0. The highest BCUT2D eigenvalue weighted by Gasteiger charge is 2.16. The van der Waals surface area contributed by atoms with Crippen molar-refractivity contribution in [3.8, 4) is 0 Å². The van der Waals surface area contributed by atoms with E-state index in [9.17, 15) is 9.59 Å². The Morgan fingerprint density at radius 1 is 1.38 bits per heavy atom. The van der Waals surface area contributed by atoms with Crippen LogP contribution in [-0.4, -0.2) is 33.0 Å². The molecule has 0 saturated carbocycles. The van der Waals surface area contributed by atoms with E-state index in [-0.39, 0.29) is 5.69 Å². The third-order valence-electron chi connectivity index (χ3n) is 1.92. The number of nitrogens with zero attached hydrogens (tertiary/aromatic N) is 2. The SMILES string of the molecule is Cc1cc(C(=O)N[C@@H](C)C(=O)O)nc(C)n1. The highest BCUT2D eigenvalue weighted by molar-refractivity contribution is 5.94. The maximum absolute atomic E-state index is 11.6. The van der Waals surface area contributed by atoms with Crippen molar-refractivity contribution in [1.29, 1.82) is 0 Å². The minimum atomic E-state index is -1.09. The molecule has 1 amide bonds. The highest BCUT2D eigenvalue weighted by Crippen LogP contribution is 2.00. The van der Waals surface area contributed by atoms with Crippen molar-refractivity contribution in [2.75, 3.05) is 0 Å². The van der Waals surface area contributed by atoms with Gasteiger partial charge in [0.15, 0.2) is 0 Å². The van der Waals surface area contributed by atoms with Crippen LogP contribution < -0.4 is 5.32 Å². The second-order valence-corrected chi connectivity index (χ2v) is 3.48. The van der Waals surface area contributed by atoms with E-state index in [0.717, 1.165) is 0 Å². The number of aliphatic carboxylic acids is 1. The molecule has 1 aromatic heterocycles. The molecular formula is C10H13N3O3. The predicted molar refractivity (Wildman–Crippen MR) is 56.1 cm³/mol. The number of amides is 1. The van der Waals surface area contributed by atoms with Gasteiger partial charge in [0, 0.05) is 5.69 Å². The lowest BCUT2D eigenvalue weighted by Gasteiger charge is -2.09. The lowest BCUT2D eigenvalue weighted by Crippen LogP contribution is -2.38. The average Bonchev–Trinajstić information content (AvgIpc) is 2.15. The van der Waals surface area contributed by atoms with Crippen molar-refractivity contribution in [2.45, 2.75) is 26.8 Å². The lowest BCUT2D eigenvalue weighted by atomic mass is 10.3. The Morgan fingerprint density at radius 2 is 2.00 bits per heavy atom. The zero-order chi connectivity index (χ0) is 12.3. The molecule has 0 spiro atoms. The summed E-state index contributed by atoms with van der Waals surface area (Å²) in [4.78, 5) is 30.1. The summed E-state index contributed by atoms with van der Waals surface area (Å²) in [5.74, 6) is -1.12. The maximum Gasteiger partial charge on any atom is 0.325 e. The van der Waals surface area contributed by atoms with Crippen molar-refractivity contribution in [2.24, 2.45) is 0 Å². The molecule has 0 unspecified atom stereocenters. The van der Waals surface area contributed by atoms with Crippen LogP contribution in [0.1, 0.15) is 28.9 Å². The molecule has 0 aliphatic carbocycles. The third kappa shape index (κ3) is 3.01. The van der Waals surface area contributed by atoms with E-state index in [0.29, 0.717) is 11.5 Å². The normalized spacial score (nSPS) is 11.9. The Bertz CT molecular complexity index is 411. The van der Waals surface area contributed by atoms with E-state index in [4.69, 9.17) is 5.11 Å². The minimum Gasteiger partial charge on any atom is -0.480 e. The summed E-state index contributed by atoms with van der Waals surface area (Å²) in [6.45, 7) is 4.80. The number of aromatic nitrogens is 2. The standard InChI is InChI=1S/C10H13N3O3/c1-5-4-8(13-7(3)11-5)9(14)12-6(2)10(15)16/h4,6H,1-3H3,(H,12,14)(H,15,16)/t6-/m0/s1. The summed E-state index contributed by atoms with van der Waals surface area (Å²) in [5.41, 5.74) is 0.846. The summed E-state index contributed by atoms with van der Waals surface area (Å²) in [6, 6.07) is 0.569. The number of hydrogen-bond acceptors (Lipinski definition) is 4. The van der Waals surface area contributed by atoms with Crippen molar-refractivity contribution < 1.29 is 14.7 Å². The molecule has 0 aromatic carbocycles. The number of aryl methyl sites for hydroxylation is 2. The first-order valence-electron chi connectivity index (χ1n) is 4.76. The number of nitrogens with one attached hydrogen (secondary N) is 1. The van der Waals surface area contributed by atoms with Gasteiger partial charge in [0.1, 0.15) is 17.6 Å². The van der Waals surface area contributed by atoms with Crippen molar-refractivity contribution >= 4 is 11.9 Å². The first-order chi connectivity index (χ1) is 7.40. The summed E-state index contributed by atoms with van der Waals surface area (Å²) in [5, 5.41) is 11.0. The topological polar surface area (TPSA) is 92.2 Å². The number of carboxylic acid groups (broad SMARTS) is 1. The quantitative estimate of drug-likeness (QED) is 0.768. The van der Waals surface area contributed by atoms with Gasteiger partial charge in [-0.15, -0.1) is 0 Å². The van der Waals surface area contributed by atoms with Crippen LogP contribution >= 0.6 is 0 Å². The van der Waals surface area contributed by atoms with Crippen LogP contribution in [0.25, 0.3) is 0 Å². The fraction of sp³-hybridized carbons (Fsp3) is 0.400. The molecule has 2 N–H and O–H groups in total. The van der Waals surface area contributed by atoms with Crippen LogP contribution in [0.4, 0.5) is 0 Å². The highest BCUT2D eigenvalue weighted by atomic mass is 16.4. The van der Waals surface area contributed by atoms with Gasteiger partial charge >= 0.3 is 5.97 Å². The third-order valence-corrected chi connectivity index (χ3v) is 1.92. The number of carbonyl (C=O) groups is 2. The van der Waals surface area contributed by atoms with Gasteiger partial charge in [-0.1, -0.05) is 0 Å². The number of carboxylic acids is 1. The van der Waals surface area contributed by atoms with E-state index in [1.165, 1.54) is 13.0 Å². The van der Waals surface area contributed by atoms with Gasteiger partial charge in [0.25, 0.3) is 5.91 Å². The van der Waals surface area contributed by atoms with E-state index >= 15 is 0 Å². The van der Waals surface area contributed by atoms with Gasteiger partial charge < -0.3 is 10.4 Å². The molecule has 0 radical (unpaired) electrons. The molecule has 6 nitrogen and oxygen atoms in total. The maximum atomic E-state index is 11.6. The molecule has 0 aliphatic heterocycles. The van der Waals surface area contributed by atoms with Crippen molar-refractivity contribution in [1.82, 2.24) is 15.3 Å². The number of hydrogen-bond donors (Lipinski definition) is 2. The molecular weight excluding hydrogens is 210 g/mol. The molecule has 1 heterocycles. The smallest absolute Gasteiger partial charge is 0.325 e. The van der Waals surface area contributed by atoms with Gasteiger partial charge in [-0.25, -0.2) is 9.97 Å². The van der Waals surface area contributed by atoms with Gasteiger partial charge in [-0.2, -0.15) is 0 Å². The van der Waals surface area contributed by atoms with Gasteiger partial charge in [0.05, 0.1) is 0 Å². The fourth-order valence-corrected chi connectivity index (χ4v) is 1.17. The first-order valence-corrected chi connectivity index (χ1v) is 4.76. The van der Waals surface area contributed by atoms with Crippen molar-refractivity contribution in [3.05, 3.63) is 23.3 Å². The van der Waals surface area contributed by atoms with Gasteiger partial charge in [-0.05, 0) is 26.8 Å². The first kappa shape index (κ1) is 12.1. The second-order valence-electron chi connectivity index (χ2n) is 3.48. The van der Waals surface area contributed by atoms with Crippen molar-refractivity contribution in [3.63, 3.8) is 0 Å². The molecule has 6 heteroatoms. The number of carbonyl (C=O) groups excluding carboxylic acids is 1. The molecule has 0 aliphatic rings. The van der Waals surface area contributed by atoms with E-state index in [2.05, 4.69) is 15.3 Å². The Labute approximate surface area is 92.7 Å². The van der Waals surface area contributed by atoms with E-state index < -0.39 is 17.9 Å². The Balaban J connectivity index is 2.84. The van der Waals surface area contributed by atoms with Crippen LogP contribution in [-0.2, 0) is 4.79 Å². The van der Waals surface area contributed by atoms with Crippen LogP contribution in [0.15, 0.2) is 6.07 Å². The van der Waals surface area contributed by atoms with Gasteiger partial charge in [-0.3, -0.25) is 9.59 Å². The lowest BCUT2D eigenvalue weighted by molar-refractivity contribution is -0.138. The van der Waals surface area contributed by atoms with E-state index in [1.807, 2.05) is 0 Å². The Morgan fingerprint density at radius 3 is 2.50 bits per heavy atom. The second kappa shape index (κ2) is 4.69. The predicted octanol–water partition coefficient (Wildman–Crippen LogP) is 0.296. The minimum absolute atomic E-state index is 0.179. The Kier molecular flexibility index (Phi) is 3.55. The summed E-state index contributed by atoms with van der Waals surface area (Å²) in [6.07, 6.45) is 0. The summed E-state index contributed by atoms with van der Waals surface area (Å²) < 4.78 is 0. The van der Waals surface area contributed by atoms with Crippen LogP contribution in [0.2, 0.25) is 0 Å². The zero-order valence-corrected chi connectivity index (χ0v) is 9.31. The van der Waals surface area contributed by atoms with Crippen LogP contribution in [0, 0.1) is 13.8 Å². The van der Waals surface area contributed by atoms with Crippen LogP contribution in [0.3, 0.4) is 0 Å². The monoisotopic (exact) mass is 223 g/mol. The molecule has 1 aromatic rings. The molecule has 1 atom stereocenters. The molecule has 0 saturated heterocycles. The average molecular weight is 223 g/mol. The molecule has 86 valence electrons. The Hall–Kier alpha value is -1.98. The largest absolute Gasteiger partial charge is 0.480 e. The summed E-state index contributed by atoms with van der Waals surface area (Å²) >= 11 is 0. The molecule has 0 bridgehead atoms.